The van der Waals surface area contributed by atoms with Gasteiger partial charge in [-0.1, -0.05) is 37.6 Å². The summed E-state index contributed by atoms with van der Waals surface area (Å²) in [6.45, 7) is 13.3. The summed E-state index contributed by atoms with van der Waals surface area (Å²) >= 11 is 0. The zero-order valence-electron chi connectivity index (χ0n) is 20.0. The Bertz CT molecular complexity index is 919. The van der Waals surface area contributed by atoms with Crippen molar-refractivity contribution in [3.05, 3.63) is 41.0 Å². The number of carbonyl (C=O) groups excluding carboxylic acids is 1. The number of aliphatic hydroxyl groups is 1. The average Bonchev–Trinajstić information content (AvgIpc) is 3.08. The first kappa shape index (κ1) is 22.0. The third kappa shape index (κ3) is 3.40. The van der Waals surface area contributed by atoms with Crippen molar-refractivity contribution < 1.29 is 14.6 Å². The van der Waals surface area contributed by atoms with Crippen LogP contribution in [0.2, 0.25) is 0 Å². The standard InChI is InChI=1S/C27H38N2O3/c1-17-7-5-10-22(19(17)3)29-13-11-28(12-14-29)16-21-24-23(32-26(21)31)15-20-9-6-8-18(2)27(20,4)25(24)30/h5,7,9-10,18,21,23-25,30H,6,8,11-16H2,1-4H3. The molecule has 4 aliphatic rings. The van der Waals surface area contributed by atoms with Gasteiger partial charge in [-0.3, -0.25) is 9.69 Å². The highest BCUT2D eigenvalue weighted by molar-refractivity contribution is 5.76. The van der Waals surface area contributed by atoms with Crippen molar-refractivity contribution in [3.63, 3.8) is 0 Å². The molecule has 2 aliphatic heterocycles. The zero-order valence-corrected chi connectivity index (χ0v) is 20.0. The first-order chi connectivity index (χ1) is 15.3. The van der Waals surface area contributed by atoms with Gasteiger partial charge in [0.2, 0.25) is 0 Å². The maximum Gasteiger partial charge on any atom is 0.311 e. The molecule has 0 radical (unpaired) electrons. The Morgan fingerprint density at radius 2 is 1.94 bits per heavy atom. The molecular weight excluding hydrogens is 400 g/mol. The van der Waals surface area contributed by atoms with Crippen molar-refractivity contribution in [3.8, 4) is 0 Å². The summed E-state index contributed by atoms with van der Waals surface area (Å²) in [7, 11) is 0. The van der Waals surface area contributed by atoms with E-state index in [1.54, 1.807) is 0 Å². The molecule has 1 N–H and O–H groups in total. The molecule has 5 nitrogen and oxygen atoms in total. The number of hydrogen-bond donors (Lipinski definition) is 1. The molecule has 1 aromatic carbocycles. The molecule has 2 heterocycles. The molecule has 0 spiro atoms. The summed E-state index contributed by atoms with van der Waals surface area (Å²) in [6.07, 6.45) is 4.59. The predicted octanol–water partition coefficient (Wildman–Crippen LogP) is 3.71. The van der Waals surface area contributed by atoms with Crippen LogP contribution in [0.15, 0.2) is 29.8 Å². The number of allylic oxidation sites excluding steroid dienone is 1. The number of benzene rings is 1. The van der Waals surface area contributed by atoms with Crippen molar-refractivity contribution in [2.45, 2.75) is 59.2 Å². The van der Waals surface area contributed by atoms with Crippen LogP contribution in [-0.2, 0) is 9.53 Å². The Balaban J connectivity index is 1.28. The largest absolute Gasteiger partial charge is 0.461 e. The molecule has 0 bridgehead atoms. The molecular formula is C27H38N2O3. The van der Waals surface area contributed by atoms with Gasteiger partial charge in [-0.25, -0.2) is 0 Å². The number of hydrogen-bond acceptors (Lipinski definition) is 5. The number of anilines is 1. The SMILES string of the molecule is Cc1cccc(N2CCN(CC3C(=O)OC4CC5=CCCC(C)C5(C)C(O)C43)CC2)c1C. The van der Waals surface area contributed by atoms with Crippen LogP contribution in [0.1, 0.15) is 44.2 Å². The summed E-state index contributed by atoms with van der Waals surface area (Å²) in [5.41, 5.74) is 5.08. The van der Waals surface area contributed by atoms with Crippen LogP contribution in [0.25, 0.3) is 0 Å². The zero-order chi connectivity index (χ0) is 22.6. The number of aliphatic hydroxyl groups excluding tert-OH is 1. The van der Waals surface area contributed by atoms with Crippen molar-refractivity contribution >= 4 is 11.7 Å². The van der Waals surface area contributed by atoms with Crippen molar-refractivity contribution in [2.75, 3.05) is 37.6 Å². The second-order valence-electron chi connectivity index (χ2n) is 10.8. The van der Waals surface area contributed by atoms with E-state index in [-0.39, 0.29) is 29.3 Å². The maximum atomic E-state index is 12.9. The molecule has 174 valence electrons. The molecule has 2 aliphatic carbocycles. The Morgan fingerprint density at radius 3 is 2.69 bits per heavy atom. The third-order valence-electron chi connectivity index (χ3n) is 9.31. The van der Waals surface area contributed by atoms with Gasteiger partial charge in [0.15, 0.2) is 0 Å². The Hall–Kier alpha value is -1.85. The molecule has 5 heteroatoms. The minimum atomic E-state index is -0.518. The molecule has 6 unspecified atom stereocenters. The molecule has 0 amide bonds. The number of piperazine rings is 1. The topological polar surface area (TPSA) is 53.0 Å². The normalized spacial score (nSPS) is 37.5. The van der Waals surface area contributed by atoms with Crippen LogP contribution in [0.4, 0.5) is 5.69 Å². The van der Waals surface area contributed by atoms with Gasteiger partial charge in [0, 0.05) is 56.2 Å². The lowest BCUT2D eigenvalue weighted by Gasteiger charge is -2.52. The van der Waals surface area contributed by atoms with Crippen LogP contribution in [0.3, 0.4) is 0 Å². The van der Waals surface area contributed by atoms with E-state index in [0.29, 0.717) is 12.5 Å². The van der Waals surface area contributed by atoms with E-state index < -0.39 is 6.10 Å². The van der Waals surface area contributed by atoms with Gasteiger partial charge in [0.05, 0.1) is 12.0 Å². The highest BCUT2D eigenvalue weighted by atomic mass is 16.6. The molecule has 1 aromatic rings. The number of ether oxygens (including phenoxy) is 1. The molecule has 1 saturated carbocycles. The van der Waals surface area contributed by atoms with E-state index in [1.165, 1.54) is 22.4 Å². The van der Waals surface area contributed by atoms with E-state index in [0.717, 1.165) is 45.4 Å². The molecule has 3 fully saturated rings. The summed E-state index contributed by atoms with van der Waals surface area (Å²) < 4.78 is 5.86. The average molecular weight is 439 g/mol. The fourth-order valence-corrected chi connectivity index (χ4v) is 6.80. The predicted molar refractivity (Wildman–Crippen MR) is 127 cm³/mol. The van der Waals surface area contributed by atoms with Gasteiger partial charge in [-0.15, -0.1) is 0 Å². The summed E-state index contributed by atoms with van der Waals surface area (Å²) in [4.78, 5) is 17.8. The van der Waals surface area contributed by atoms with Gasteiger partial charge in [0.25, 0.3) is 0 Å². The van der Waals surface area contributed by atoms with Gasteiger partial charge >= 0.3 is 5.97 Å². The van der Waals surface area contributed by atoms with E-state index in [1.807, 2.05) is 0 Å². The maximum absolute atomic E-state index is 12.9. The molecule has 32 heavy (non-hydrogen) atoms. The summed E-state index contributed by atoms with van der Waals surface area (Å²) in [5, 5.41) is 11.6. The van der Waals surface area contributed by atoms with E-state index in [9.17, 15) is 9.90 Å². The van der Waals surface area contributed by atoms with E-state index in [4.69, 9.17) is 4.74 Å². The van der Waals surface area contributed by atoms with Crippen molar-refractivity contribution in [1.82, 2.24) is 4.90 Å². The summed E-state index contributed by atoms with van der Waals surface area (Å²) in [6, 6.07) is 6.52. The van der Waals surface area contributed by atoms with Crippen LogP contribution in [0, 0.1) is 37.0 Å². The number of esters is 1. The molecule has 2 saturated heterocycles. The molecule has 5 rings (SSSR count). The first-order valence-corrected chi connectivity index (χ1v) is 12.4. The van der Waals surface area contributed by atoms with Gasteiger partial charge in [0.1, 0.15) is 6.10 Å². The van der Waals surface area contributed by atoms with Gasteiger partial charge < -0.3 is 14.7 Å². The van der Waals surface area contributed by atoms with Gasteiger partial charge in [-0.2, -0.15) is 0 Å². The lowest BCUT2D eigenvalue weighted by Crippen LogP contribution is -2.55. The minimum absolute atomic E-state index is 0.0951. The fraction of sp³-hybridized carbons (Fsp3) is 0.667. The highest BCUT2D eigenvalue weighted by Crippen LogP contribution is 2.56. The quantitative estimate of drug-likeness (QED) is 0.576. The Morgan fingerprint density at radius 1 is 1.19 bits per heavy atom. The highest BCUT2D eigenvalue weighted by Gasteiger charge is 2.59. The lowest BCUT2D eigenvalue weighted by molar-refractivity contribution is -0.145. The van der Waals surface area contributed by atoms with Crippen molar-refractivity contribution in [1.29, 1.82) is 0 Å². The lowest BCUT2D eigenvalue weighted by atomic mass is 9.55. The van der Waals surface area contributed by atoms with Crippen LogP contribution < -0.4 is 4.90 Å². The molecule has 6 atom stereocenters. The molecule has 0 aromatic heterocycles. The number of nitrogens with zero attached hydrogens (tertiary/aromatic N) is 2. The fourth-order valence-electron chi connectivity index (χ4n) is 6.80. The van der Waals surface area contributed by atoms with E-state index >= 15 is 0 Å². The monoisotopic (exact) mass is 438 g/mol. The van der Waals surface area contributed by atoms with Gasteiger partial charge in [-0.05, 0) is 49.8 Å². The Labute approximate surface area is 192 Å². The van der Waals surface area contributed by atoms with Crippen LogP contribution in [0.5, 0.6) is 0 Å². The number of fused-ring (bicyclic) bond motifs is 2. The summed E-state index contributed by atoms with van der Waals surface area (Å²) in [5.74, 6) is -0.000529. The van der Waals surface area contributed by atoms with Crippen molar-refractivity contribution in [2.24, 2.45) is 23.2 Å². The third-order valence-corrected chi connectivity index (χ3v) is 9.31. The second-order valence-corrected chi connectivity index (χ2v) is 10.8. The number of aryl methyl sites for hydroxylation is 1. The number of carbonyl (C=O) groups is 1. The Kier molecular flexibility index (Phi) is 5.61. The smallest absolute Gasteiger partial charge is 0.311 e. The van der Waals surface area contributed by atoms with Crippen LogP contribution >= 0.6 is 0 Å². The second kappa shape index (κ2) is 8.18. The van der Waals surface area contributed by atoms with E-state index in [2.05, 4.69) is 61.8 Å². The van der Waals surface area contributed by atoms with Crippen LogP contribution in [-0.4, -0.2) is 60.9 Å². The first-order valence-electron chi connectivity index (χ1n) is 12.4. The minimum Gasteiger partial charge on any atom is -0.461 e. The number of rotatable bonds is 3.